The molecular weight excluding hydrogens is 518 g/mol. The molecular formula is C18H40Br2O5P2+2. The first-order chi connectivity index (χ1) is 12.7. The number of alkyl halides is 2. The van der Waals surface area contributed by atoms with Crippen molar-refractivity contribution in [3.63, 3.8) is 0 Å². The van der Waals surface area contributed by atoms with Crippen molar-refractivity contribution < 1.29 is 23.2 Å². The Labute approximate surface area is 185 Å². The summed E-state index contributed by atoms with van der Waals surface area (Å²) in [5.74, 6) is 0.940. The molecule has 9 heteroatoms. The minimum Gasteiger partial charge on any atom is -0.131 e. The highest BCUT2D eigenvalue weighted by Gasteiger charge is 2.32. The van der Waals surface area contributed by atoms with E-state index in [4.69, 9.17) is 9.79 Å². The Morgan fingerprint density at radius 3 is 1.37 bits per heavy atom. The van der Waals surface area contributed by atoms with Crippen LogP contribution in [0.25, 0.3) is 0 Å². The summed E-state index contributed by atoms with van der Waals surface area (Å²) in [6, 6.07) is 0. The minimum absolute atomic E-state index is 0.621. The second-order valence-electron chi connectivity index (χ2n) is 6.66. The van der Waals surface area contributed by atoms with Crippen molar-refractivity contribution in [2.24, 2.45) is 11.3 Å². The lowest BCUT2D eigenvalue weighted by Crippen LogP contribution is -2.26. The van der Waals surface area contributed by atoms with Gasteiger partial charge in [-0.2, -0.15) is 0 Å². The van der Waals surface area contributed by atoms with Crippen LogP contribution in [-0.4, -0.2) is 20.4 Å². The van der Waals surface area contributed by atoms with E-state index < -0.39 is 16.5 Å². The van der Waals surface area contributed by atoms with Crippen LogP contribution in [0.2, 0.25) is 0 Å². The van der Waals surface area contributed by atoms with Gasteiger partial charge in [0.25, 0.3) is 0 Å². The van der Waals surface area contributed by atoms with Crippen molar-refractivity contribution in [1.82, 2.24) is 0 Å². The summed E-state index contributed by atoms with van der Waals surface area (Å²) in [6.45, 7) is 11.9. The molecule has 0 rings (SSSR count). The molecule has 164 valence electrons. The molecule has 0 saturated carbocycles. The van der Waals surface area contributed by atoms with Gasteiger partial charge >= 0.3 is 16.5 Å². The molecule has 0 spiro atoms. The Morgan fingerprint density at radius 2 is 1.22 bits per heavy atom. The molecule has 0 aliphatic carbocycles. The molecule has 0 aromatic heterocycles. The molecule has 0 radical (unpaired) electrons. The first kappa shape index (κ1) is 32.7. The third kappa shape index (κ3) is 23.2. The Morgan fingerprint density at radius 1 is 0.852 bits per heavy atom. The van der Waals surface area contributed by atoms with E-state index in [1.165, 1.54) is 57.8 Å². The molecule has 0 heterocycles. The first-order valence-corrected chi connectivity index (χ1v) is 14.3. The van der Waals surface area contributed by atoms with Crippen molar-refractivity contribution in [3.8, 4) is 0 Å². The molecule has 0 bridgehead atoms. The normalized spacial score (nSPS) is 11.9. The van der Waals surface area contributed by atoms with Gasteiger partial charge in [-0.3, -0.25) is 0 Å². The van der Waals surface area contributed by atoms with Crippen LogP contribution in [-0.2, 0) is 13.4 Å². The van der Waals surface area contributed by atoms with Crippen molar-refractivity contribution >= 4 is 48.4 Å². The smallest absolute Gasteiger partial charge is 0.131 e. The average Bonchev–Trinajstić information content (AvgIpc) is 2.60. The van der Waals surface area contributed by atoms with Crippen LogP contribution in [0.15, 0.2) is 0 Å². The van der Waals surface area contributed by atoms with Gasteiger partial charge in [-0.1, -0.05) is 105 Å². The van der Waals surface area contributed by atoms with Crippen molar-refractivity contribution in [2.75, 3.05) is 10.7 Å². The van der Waals surface area contributed by atoms with Crippen molar-refractivity contribution in [2.45, 2.75) is 92.4 Å². The van der Waals surface area contributed by atoms with Crippen LogP contribution in [0.5, 0.6) is 0 Å². The summed E-state index contributed by atoms with van der Waals surface area (Å²) in [6.07, 6.45) is 12.4. The average molecular weight is 558 g/mol. The van der Waals surface area contributed by atoms with Crippen LogP contribution in [0.4, 0.5) is 0 Å². The van der Waals surface area contributed by atoms with Crippen LogP contribution in [0.1, 0.15) is 92.4 Å². The maximum absolute atomic E-state index is 9.39. The van der Waals surface area contributed by atoms with Gasteiger partial charge in [-0.25, -0.2) is 0 Å². The predicted octanol–water partition coefficient (Wildman–Crippen LogP) is 8.28. The van der Waals surface area contributed by atoms with Gasteiger partial charge in [0.1, 0.15) is 0 Å². The van der Waals surface area contributed by atoms with E-state index in [9.17, 15) is 9.13 Å². The Hall–Kier alpha value is 1.04. The molecule has 0 amide bonds. The Kier molecular flexibility index (Phi) is 28.2. The van der Waals surface area contributed by atoms with Gasteiger partial charge < -0.3 is 0 Å². The first-order valence-electron chi connectivity index (χ1n) is 9.81. The SMILES string of the molecule is BrCCCBr.CCCCC(C)(CCCC)C(CC)CC.O=[P+](O)O[P+](=O)O. The van der Waals surface area contributed by atoms with E-state index >= 15 is 0 Å². The van der Waals surface area contributed by atoms with Crippen LogP contribution < -0.4 is 0 Å². The molecule has 5 nitrogen and oxygen atoms in total. The van der Waals surface area contributed by atoms with E-state index in [1.54, 1.807) is 0 Å². The highest BCUT2D eigenvalue weighted by molar-refractivity contribution is 9.09. The lowest BCUT2D eigenvalue weighted by Gasteiger charge is -2.37. The molecule has 2 N–H and O–H groups in total. The molecule has 0 aromatic carbocycles. The van der Waals surface area contributed by atoms with Gasteiger partial charge in [0, 0.05) is 19.8 Å². The molecule has 0 aliphatic heterocycles. The zero-order chi connectivity index (χ0) is 21.7. The van der Waals surface area contributed by atoms with E-state index in [0.717, 1.165) is 16.6 Å². The Bertz CT molecular complexity index is 335. The quantitative estimate of drug-likeness (QED) is 0.176. The fourth-order valence-corrected chi connectivity index (χ4v) is 4.87. The topological polar surface area (TPSA) is 83.8 Å². The van der Waals surface area contributed by atoms with Gasteiger partial charge in [-0.15, -0.1) is 9.79 Å². The fourth-order valence-electron chi connectivity index (χ4n) is 3.08. The maximum atomic E-state index is 9.39. The lowest BCUT2D eigenvalue weighted by molar-refractivity contribution is 0.135. The van der Waals surface area contributed by atoms with E-state index in [0.29, 0.717) is 5.41 Å². The number of rotatable bonds is 13. The third-order valence-corrected chi connectivity index (χ3v) is 6.82. The molecule has 27 heavy (non-hydrogen) atoms. The van der Waals surface area contributed by atoms with Gasteiger partial charge in [-0.05, 0) is 30.6 Å². The fraction of sp³-hybridized carbons (Fsp3) is 1.00. The molecule has 0 aliphatic rings. The second-order valence-corrected chi connectivity index (χ2v) is 9.85. The molecule has 0 saturated heterocycles. The minimum atomic E-state index is -2.92. The summed E-state index contributed by atoms with van der Waals surface area (Å²) >= 11 is 6.56. The van der Waals surface area contributed by atoms with Gasteiger partial charge in [0.05, 0.1) is 0 Å². The van der Waals surface area contributed by atoms with E-state index in [2.05, 4.69) is 70.8 Å². The zero-order valence-corrected chi connectivity index (χ0v) is 22.6. The second kappa shape index (κ2) is 23.3. The van der Waals surface area contributed by atoms with Crippen molar-refractivity contribution in [1.29, 1.82) is 0 Å². The summed E-state index contributed by atoms with van der Waals surface area (Å²) in [4.78, 5) is 15.3. The number of unbranched alkanes of at least 4 members (excludes halogenated alkanes) is 2. The number of hydrogen-bond donors (Lipinski definition) is 2. The summed E-state index contributed by atoms with van der Waals surface area (Å²) < 4.78 is 22.2. The van der Waals surface area contributed by atoms with Gasteiger partial charge in [0.15, 0.2) is 4.31 Å². The largest absolute Gasteiger partial charge is 0.745 e. The zero-order valence-electron chi connectivity index (χ0n) is 17.6. The monoisotopic (exact) mass is 556 g/mol. The van der Waals surface area contributed by atoms with Crippen LogP contribution in [0, 0.1) is 11.3 Å². The summed E-state index contributed by atoms with van der Waals surface area (Å²) in [5.41, 5.74) is 0.621. The van der Waals surface area contributed by atoms with Crippen LogP contribution >= 0.6 is 48.4 Å². The molecule has 0 aromatic rings. The number of hydrogen-bond acceptors (Lipinski definition) is 3. The van der Waals surface area contributed by atoms with E-state index in [-0.39, 0.29) is 0 Å². The third-order valence-electron chi connectivity index (χ3n) is 4.58. The summed E-state index contributed by atoms with van der Waals surface area (Å²) in [5, 5.41) is 2.22. The van der Waals surface area contributed by atoms with Gasteiger partial charge in [0.2, 0.25) is 0 Å². The molecule has 0 fully saturated rings. The van der Waals surface area contributed by atoms with Crippen LogP contribution in [0.3, 0.4) is 0 Å². The molecule has 2 atom stereocenters. The van der Waals surface area contributed by atoms with E-state index in [1.807, 2.05) is 0 Å². The Balaban J connectivity index is -0.000000396. The maximum Gasteiger partial charge on any atom is 0.745 e. The molecule has 2 unspecified atom stereocenters. The standard InChI is InChI=1S/C15H32.C3H6Br2.O5P2/c1-6-10-12-15(5,13-11-7-2)14(8-3)9-4;4-2-1-3-5;1-6(2)5-7(3)4/h14H,6-13H2,1-5H3;1-3H2;/p+2. The highest BCUT2D eigenvalue weighted by atomic mass is 79.9. The number of halogens is 2. The highest BCUT2D eigenvalue weighted by Crippen LogP contribution is 2.41. The summed E-state index contributed by atoms with van der Waals surface area (Å²) in [7, 11) is -5.85. The lowest BCUT2D eigenvalue weighted by atomic mass is 9.68. The van der Waals surface area contributed by atoms with Crippen molar-refractivity contribution in [3.05, 3.63) is 0 Å². The predicted molar refractivity (Wildman–Crippen MR) is 124 cm³/mol.